The summed E-state index contributed by atoms with van der Waals surface area (Å²) in [7, 11) is 0. The summed E-state index contributed by atoms with van der Waals surface area (Å²) >= 11 is 0. The molecule has 2 aromatic heterocycles. The minimum atomic E-state index is -0.434. The number of piperidine rings is 1. The van der Waals surface area contributed by atoms with Crippen LogP contribution in [0.25, 0.3) is 11.0 Å². The fourth-order valence-electron chi connectivity index (χ4n) is 3.48. The van der Waals surface area contributed by atoms with Gasteiger partial charge in [0.2, 0.25) is 5.91 Å². The molecule has 144 valence electrons. The van der Waals surface area contributed by atoms with E-state index in [0.717, 1.165) is 23.8 Å². The number of likely N-dealkylation sites (tertiary alicyclic amines) is 1. The van der Waals surface area contributed by atoms with Gasteiger partial charge in [0.05, 0.1) is 6.42 Å². The Morgan fingerprint density at radius 3 is 2.71 bits per heavy atom. The van der Waals surface area contributed by atoms with Gasteiger partial charge in [0, 0.05) is 49.8 Å². The van der Waals surface area contributed by atoms with Crippen LogP contribution in [0.3, 0.4) is 0 Å². The first kappa shape index (κ1) is 18.2. The number of hydrogen-bond acceptors (Lipinski definition) is 6. The van der Waals surface area contributed by atoms with Crippen molar-refractivity contribution in [3.63, 3.8) is 0 Å². The molecular formula is C21H21N3O4. The summed E-state index contributed by atoms with van der Waals surface area (Å²) in [4.78, 5) is 34.6. The maximum Gasteiger partial charge on any atom is 0.336 e. The Morgan fingerprint density at radius 1 is 1.21 bits per heavy atom. The maximum atomic E-state index is 12.8. The lowest BCUT2D eigenvalue weighted by molar-refractivity contribution is -0.132. The largest absolute Gasteiger partial charge is 0.460 e. The fraction of sp³-hybridized carbons (Fsp3) is 0.333. The van der Waals surface area contributed by atoms with Crippen LogP contribution in [0.1, 0.15) is 24.0 Å². The highest BCUT2D eigenvalue weighted by atomic mass is 16.5. The number of fused-ring (bicyclic) bond motifs is 1. The molecule has 0 N–H and O–H groups in total. The second-order valence-electron chi connectivity index (χ2n) is 7.00. The standard InChI is InChI=1S/C21H21N3O4/c1-14-3-4-17-15(13-20(26)28-18(17)11-14)12-19(25)24-9-5-16(6-10-24)27-21-22-7-2-8-23-21/h2-4,7-8,11,13,16H,5-6,9-10,12H2,1H3. The lowest BCUT2D eigenvalue weighted by Crippen LogP contribution is -2.42. The molecule has 3 aromatic rings. The number of amides is 1. The quantitative estimate of drug-likeness (QED) is 0.648. The molecule has 3 heterocycles. The summed E-state index contributed by atoms with van der Waals surface area (Å²) in [5, 5.41) is 0.804. The van der Waals surface area contributed by atoms with E-state index in [4.69, 9.17) is 9.15 Å². The first-order valence-electron chi connectivity index (χ1n) is 9.33. The van der Waals surface area contributed by atoms with Crippen molar-refractivity contribution in [1.29, 1.82) is 0 Å². The van der Waals surface area contributed by atoms with Gasteiger partial charge in [0.25, 0.3) is 0 Å². The molecule has 0 radical (unpaired) electrons. The van der Waals surface area contributed by atoms with Gasteiger partial charge in [-0.15, -0.1) is 0 Å². The van der Waals surface area contributed by atoms with Crippen molar-refractivity contribution in [2.75, 3.05) is 13.1 Å². The molecule has 1 aliphatic rings. The van der Waals surface area contributed by atoms with E-state index < -0.39 is 5.63 Å². The van der Waals surface area contributed by atoms with E-state index in [9.17, 15) is 9.59 Å². The van der Waals surface area contributed by atoms with Gasteiger partial charge in [-0.05, 0) is 30.2 Å². The summed E-state index contributed by atoms with van der Waals surface area (Å²) in [5.41, 5.74) is 1.79. The van der Waals surface area contributed by atoms with Crippen LogP contribution in [0, 0.1) is 6.92 Å². The molecule has 1 aromatic carbocycles. The Hall–Kier alpha value is -3.22. The number of aryl methyl sites for hydroxylation is 1. The number of hydrogen-bond donors (Lipinski definition) is 0. The normalized spacial score (nSPS) is 15.0. The second-order valence-corrected chi connectivity index (χ2v) is 7.00. The Balaban J connectivity index is 1.41. The van der Waals surface area contributed by atoms with Gasteiger partial charge in [-0.1, -0.05) is 12.1 Å². The van der Waals surface area contributed by atoms with Crippen LogP contribution in [-0.4, -0.2) is 40.0 Å². The third-order valence-corrected chi connectivity index (χ3v) is 4.94. The van der Waals surface area contributed by atoms with Crippen LogP contribution in [0.5, 0.6) is 6.01 Å². The zero-order valence-electron chi connectivity index (χ0n) is 15.6. The zero-order valence-corrected chi connectivity index (χ0v) is 15.6. The molecule has 0 aliphatic carbocycles. The van der Waals surface area contributed by atoms with Crippen molar-refractivity contribution in [3.8, 4) is 6.01 Å². The molecule has 1 aliphatic heterocycles. The van der Waals surface area contributed by atoms with E-state index in [2.05, 4.69) is 9.97 Å². The average molecular weight is 379 g/mol. The number of carbonyl (C=O) groups excluding carboxylic acids is 1. The van der Waals surface area contributed by atoms with Crippen LogP contribution < -0.4 is 10.4 Å². The van der Waals surface area contributed by atoms with Crippen molar-refractivity contribution in [1.82, 2.24) is 14.9 Å². The minimum absolute atomic E-state index is 0.000903. The summed E-state index contributed by atoms with van der Waals surface area (Å²) in [6, 6.07) is 9.19. The number of ether oxygens (including phenoxy) is 1. The summed E-state index contributed by atoms with van der Waals surface area (Å²) in [6.45, 7) is 3.15. The van der Waals surface area contributed by atoms with E-state index >= 15 is 0 Å². The van der Waals surface area contributed by atoms with Gasteiger partial charge >= 0.3 is 11.6 Å². The highest BCUT2D eigenvalue weighted by molar-refractivity contribution is 5.87. The Bertz CT molecular complexity index is 1040. The van der Waals surface area contributed by atoms with E-state index in [-0.39, 0.29) is 18.4 Å². The zero-order chi connectivity index (χ0) is 19.5. The van der Waals surface area contributed by atoms with E-state index in [1.54, 1.807) is 18.5 Å². The number of nitrogens with zero attached hydrogens (tertiary/aromatic N) is 3. The van der Waals surface area contributed by atoms with Crippen LogP contribution in [0.15, 0.2) is 51.9 Å². The lowest BCUT2D eigenvalue weighted by atomic mass is 10.0. The Labute approximate surface area is 162 Å². The molecule has 0 bridgehead atoms. The van der Waals surface area contributed by atoms with Gasteiger partial charge in [-0.2, -0.15) is 0 Å². The fourth-order valence-corrected chi connectivity index (χ4v) is 3.48. The first-order chi connectivity index (χ1) is 13.6. The molecule has 0 unspecified atom stereocenters. The smallest absolute Gasteiger partial charge is 0.336 e. The number of rotatable bonds is 4. The topological polar surface area (TPSA) is 85.5 Å². The van der Waals surface area contributed by atoms with E-state index in [0.29, 0.717) is 30.2 Å². The highest BCUT2D eigenvalue weighted by Gasteiger charge is 2.25. The highest BCUT2D eigenvalue weighted by Crippen LogP contribution is 2.21. The molecule has 1 amide bonds. The monoisotopic (exact) mass is 379 g/mol. The molecule has 7 heteroatoms. The SMILES string of the molecule is Cc1ccc2c(CC(=O)N3CCC(Oc4ncccn4)CC3)cc(=O)oc2c1. The number of benzene rings is 1. The van der Waals surface area contributed by atoms with Crippen LogP contribution >= 0.6 is 0 Å². The van der Waals surface area contributed by atoms with Crippen LogP contribution in [0.2, 0.25) is 0 Å². The molecule has 28 heavy (non-hydrogen) atoms. The summed E-state index contributed by atoms with van der Waals surface area (Å²) in [5.74, 6) is 0.00175. The molecule has 0 atom stereocenters. The van der Waals surface area contributed by atoms with Crippen LogP contribution in [-0.2, 0) is 11.2 Å². The van der Waals surface area contributed by atoms with E-state index in [1.807, 2.05) is 30.0 Å². The van der Waals surface area contributed by atoms with E-state index in [1.165, 1.54) is 6.07 Å². The van der Waals surface area contributed by atoms with Crippen LogP contribution in [0.4, 0.5) is 0 Å². The number of carbonyl (C=O) groups is 1. The maximum absolute atomic E-state index is 12.8. The lowest BCUT2D eigenvalue weighted by Gasteiger charge is -2.31. The van der Waals surface area contributed by atoms with Gasteiger partial charge in [-0.25, -0.2) is 14.8 Å². The first-order valence-corrected chi connectivity index (χ1v) is 9.33. The third-order valence-electron chi connectivity index (χ3n) is 4.94. The predicted octanol–water partition coefficient (Wildman–Crippen LogP) is 2.50. The summed E-state index contributed by atoms with van der Waals surface area (Å²) < 4.78 is 11.0. The van der Waals surface area contributed by atoms with Crippen molar-refractivity contribution < 1.29 is 13.9 Å². The minimum Gasteiger partial charge on any atom is -0.460 e. The molecule has 7 nitrogen and oxygen atoms in total. The Kier molecular flexibility index (Phi) is 5.06. The molecule has 4 rings (SSSR count). The van der Waals surface area contributed by atoms with Crippen molar-refractivity contribution >= 4 is 16.9 Å². The van der Waals surface area contributed by atoms with Gasteiger partial charge in [0.15, 0.2) is 0 Å². The molecule has 0 saturated carbocycles. The average Bonchev–Trinajstić information content (AvgIpc) is 2.69. The molecule has 1 fully saturated rings. The third kappa shape index (κ3) is 4.03. The Morgan fingerprint density at radius 2 is 1.96 bits per heavy atom. The summed E-state index contributed by atoms with van der Waals surface area (Å²) in [6.07, 6.45) is 4.91. The van der Waals surface area contributed by atoms with Gasteiger partial charge in [0.1, 0.15) is 11.7 Å². The van der Waals surface area contributed by atoms with Gasteiger partial charge < -0.3 is 14.1 Å². The molecule has 0 spiro atoms. The van der Waals surface area contributed by atoms with Crippen molar-refractivity contribution in [2.24, 2.45) is 0 Å². The second kappa shape index (κ2) is 7.80. The van der Waals surface area contributed by atoms with Crippen molar-refractivity contribution in [3.05, 3.63) is 64.3 Å². The number of aromatic nitrogens is 2. The molecule has 1 saturated heterocycles. The predicted molar refractivity (Wildman–Crippen MR) is 103 cm³/mol. The van der Waals surface area contributed by atoms with Crippen molar-refractivity contribution in [2.45, 2.75) is 32.3 Å². The van der Waals surface area contributed by atoms with Gasteiger partial charge in [-0.3, -0.25) is 4.79 Å². The molecular weight excluding hydrogens is 358 g/mol.